The SMILES string of the molecule is [B]1CCCc2ccn3ncc(c3n2)-c2cccc(c2)OC1. The molecule has 2 aromatic heterocycles. The van der Waals surface area contributed by atoms with Gasteiger partial charge in [-0.3, -0.25) is 0 Å². The van der Waals surface area contributed by atoms with Crippen LogP contribution in [0.1, 0.15) is 12.1 Å². The molecule has 3 heterocycles. The number of aryl methyl sites for hydroxylation is 1. The van der Waals surface area contributed by atoms with Gasteiger partial charge in [0.2, 0.25) is 0 Å². The zero-order valence-electron chi connectivity index (χ0n) is 11.7. The van der Waals surface area contributed by atoms with E-state index in [1.807, 2.05) is 29.0 Å². The van der Waals surface area contributed by atoms with E-state index in [9.17, 15) is 0 Å². The van der Waals surface area contributed by atoms with Crippen molar-refractivity contribution in [2.45, 2.75) is 19.2 Å². The lowest BCUT2D eigenvalue weighted by Gasteiger charge is -2.06. The van der Waals surface area contributed by atoms with Gasteiger partial charge >= 0.3 is 0 Å². The molecule has 1 aliphatic heterocycles. The molecule has 0 fully saturated rings. The van der Waals surface area contributed by atoms with E-state index >= 15 is 0 Å². The highest BCUT2D eigenvalue weighted by Gasteiger charge is 2.10. The molecule has 0 aliphatic carbocycles. The van der Waals surface area contributed by atoms with Crippen LogP contribution in [0.15, 0.2) is 42.7 Å². The molecule has 0 atom stereocenters. The molecule has 0 saturated carbocycles. The van der Waals surface area contributed by atoms with Crippen molar-refractivity contribution < 1.29 is 4.74 Å². The van der Waals surface area contributed by atoms with Crippen LogP contribution in [0, 0.1) is 0 Å². The van der Waals surface area contributed by atoms with E-state index in [4.69, 9.17) is 9.72 Å². The molecule has 103 valence electrons. The zero-order chi connectivity index (χ0) is 14.1. The van der Waals surface area contributed by atoms with Gasteiger partial charge < -0.3 is 4.74 Å². The molecule has 4 nitrogen and oxygen atoms in total. The highest BCUT2D eigenvalue weighted by Crippen LogP contribution is 2.27. The Morgan fingerprint density at radius 3 is 3.24 bits per heavy atom. The number of nitrogens with zero attached hydrogens (tertiary/aromatic N) is 3. The van der Waals surface area contributed by atoms with Gasteiger partial charge in [0.05, 0.1) is 12.7 Å². The van der Waals surface area contributed by atoms with Crippen LogP contribution in [0.25, 0.3) is 16.8 Å². The number of hydrogen-bond acceptors (Lipinski definition) is 3. The maximum absolute atomic E-state index is 5.79. The third kappa shape index (κ3) is 2.39. The molecule has 0 saturated heterocycles. The molecule has 0 unspecified atom stereocenters. The first-order valence-corrected chi connectivity index (χ1v) is 7.28. The molecule has 4 rings (SSSR count). The summed E-state index contributed by atoms with van der Waals surface area (Å²) < 4.78 is 7.62. The number of fused-ring (bicyclic) bond motifs is 4. The Bertz CT molecular complexity index is 784. The van der Waals surface area contributed by atoms with Crippen molar-refractivity contribution in [3.63, 3.8) is 0 Å². The monoisotopic (exact) mass is 276 g/mol. The summed E-state index contributed by atoms with van der Waals surface area (Å²) in [4.78, 5) is 4.78. The molecule has 3 aromatic rings. The minimum absolute atomic E-state index is 0.651. The Morgan fingerprint density at radius 2 is 2.24 bits per heavy atom. The second-order valence-electron chi connectivity index (χ2n) is 5.27. The van der Waals surface area contributed by atoms with Crippen molar-refractivity contribution >= 4 is 12.9 Å². The molecule has 0 N–H and O–H groups in total. The Balaban J connectivity index is 1.89. The van der Waals surface area contributed by atoms with Crippen LogP contribution in [0.3, 0.4) is 0 Å². The molecule has 1 radical (unpaired) electrons. The number of ether oxygens (including phenoxy) is 1. The van der Waals surface area contributed by atoms with Crippen molar-refractivity contribution in [3.8, 4) is 16.9 Å². The van der Waals surface area contributed by atoms with Gasteiger partial charge in [-0.1, -0.05) is 24.9 Å². The van der Waals surface area contributed by atoms with Crippen LogP contribution in [-0.4, -0.2) is 28.4 Å². The van der Waals surface area contributed by atoms with E-state index < -0.39 is 0 Å². The average molecular weight is 276 g/mol. The number of rotatable bonds is 0. The van der Waals surface area contributed by atoms with Crippen LogP contribution >= 0.6 is 0 Å². The van der Waals surface area contributed by atoms with E-state index in [-0.39, 0.29) is 0 Å². The predicted octanol–water partition coefficient (Wildman–Crippen LogP) is 2.80. The summed E-state index contributed by atoms with van der Waals surface area (Å²) in [6.07, 6.45) is 6.98. The summed E-state index contributed by atoms with van der Waals surface area (Å²) >= 11 is 0. The van der Waals surface area contributed by atoms with Crippen molar-refractivity contribution in [3.05, 3.63) is 48.4 Å². The predicted molar refractivity (Wildman–Crippen MR) is 82.8 cm³/mol. The molecule has 0 spiro atoms. The zero-order valence-corrected chi connectivity index (χ0v) is 11.7. The molecule has 0 amide bonds. The highest BCUT2D eigenvalue weighted by molar-refractivity contribution is 6.35. The van der Waals surface area contributed by atoms with Gasteiger partial charge in [-0.05, 0) is 30.2 Å². The van der Waals surface area contributed by atoms with Crippen LogP contribution in [0.4, 0.5) is 0 Å². The van der Waals surface area contributed by atoms with Gasteiger partial charge in [0.25, 0.3) is 0 Å². The average Bonchev–Trinajstić information content (AvgIpc) is 2.93. The van der Waals surface area contributed by atoms with E-state index in [1.54, 1.807) is 0 Å². The smallest absolute Gasteiger partial charge is 0.163 e. The third-order valence-corrected chi connectivity index (χ3v) is 3.78. The normalized spacial score (nSPS) is 14.7. The lowest BCUT2D eigenvalue weighted by Crippen LogP contribution is -2.06. The van der Waals surface area contributed by atoms with Gasteiger partial charge in [-0.2, -0.15) is 5.10 Å². The summed E-state index contributed by atoms with van der Waals surface area (Å²) in [5.41, 5.74) is 4.17. The maximum atomic E-state index is 5.79. The number of benzene rings is 1. The largest absolute Gasteiger partial charge is 0.503 e. The van der Waals surface area contributed by atoms with Gasteiger partial charge in [0.1, 0.15) is 5.75 Å². The molecule has 1 aliphatic rings. The Morgan fingerprint density at radius 1 is 1.24 bits per heavy atom. The molecular formula is C16H15BN3O. The van der Waals surface area contributed by atoms with E-state index in [0.29, 0.717) is 6.51 Å². The van der Waals surface area contributed by atoms with Crippen LogP contribution in [0.2, 0.25) is 6.32 Å². The molecular weight excluding hydrogens is 261 g/mol. The second-order valence-corrected chi connectivity index (χ2v) is 5.27. The quantitative estimate of drug-likeness (QED) is 0.593. The van der Waals surface area contributed by atoms with Crippen molar-refractivity contribution in [1.82, 2.24) is 14.6 Å². The third-order valence-electron chi connectivity index (χ3n) is 3.78. The van der Waals surface area contributed by atoms with Crippen molar-refractivity contribution in [2.75, 3.05) is 6.51 Å². The maximum Gasteiger partial charge on any atom is 0.163 e. The topological polar surface area (TPSA) is 39.4 Å². The van der Waals surface area contributed by atoms with Gasteiger partial charge in [0, 0.05) is 17.5 Å². The first kappa shape index (κ1) is 12.4. The van der Waals surface area contributed by atoms with Crippen LogP contribution in [0.5, 0.6) is 5.75 Å². The van der Waals surface area contributed by atoms with E-state index in [1.165, 1.54) is 0 Å². The number of aromatic nitrogens is 3. The first-order chi connectivity index (χ1) is 10.4. The molecule has 21 heavy (non-hydrogen) atoms. The summed E-state index contributed by atoms with van der Waals surface area (Å²) in [6.45, 7) is 0.651. The molecule has 1 aromatic carbocycles. The second kappa shape index (κ2) is 5.24. The summed E-state index contributed by atoms with van der Waals surface area (Å²) in [5.74, 6) is 0.888. The molecule has 5 heteroatoms. The van der Waals surface area contributed by atoms with Gasteiger partial charge in [0.15, 0.2) is 12.9 Å². The fourth-order valence-corrected chi connectivity index (χ4v) is 2.67. The van der Waals surface area contributed by atoms with Crippen molar-refractivity contribution in [2.24, 2.45) is 0 Å². The highest BCUT2D eigenvalue weighted by atomic mass is 16.5. The standard InChI is InChI=1S/C16H15BN3O/c1-3-12-9-14(5-1)21-11-17-7-2-4-13-6-8-20-16(19-13)15(12)10-18-20/h1,3,5-6,8-10H,2,4,7,11H2. The Hall–Kier alpha value is -2.30. The lowest BCUT2D eigenvalue weighted by atomic mass is 9.74. The fourth-order valence-electron chi connectivity index (χ4n) is 2.67. The minimum atomic E-state index is 0.651. The summed E-state index contributed by atoms with van der Waals surface area (Å²) in [5, 5.41) is 4.39. The van der Waals surface area contributed by atoms with E-state index in [0.717, 1.165) is 47.4 Å². The fraction of sp³-hybridized carbons (Fsp3) is 0.250. The first-order valence-electron chi connectivity index (χ1n) is 7.28. The lowest BCUT2D eigenvalue weighted by molar-refractivity contribution is 0.384. The van der Waals surface area contributed by atoms with Crippen molar-refractivity contribution in [1.29, 1.82) is 0 Å². The summed E-state index contributed by atoms with van der Waals surface area (Å²) in [6, 6.07) is 10.2. The molecule has 4 bridgehead atoms. The Kier molecular flexibility index (Phi) is 3.11. The van der Waals surface area contributed by atoms with Gasteiger partial charge in [-0.25, -0.2) is 9.50 Å². The summed E-state index contributed by atoms with van der Waals surface area (Å²) in [7, 11) is 2.19. The van der Waals surface area contributed by atoms with Gasteiger partial charge in [-0.15, -0.1) is 0 Å². The minimum Gasteiger partial charge on any atom is -0.503 e. The van der Waals surface area contributed by atoms with Crippen LogP contribution < -0.4 is 4.74 Å². The van der Waals surface area contributed by atoms with E-state index in [2.05, 4.69) is 30.6 Å². The van der Waals surface area contributed by atoms with Crippen LogP contribution in [-0.2, 0) is 6.42 Å². The Labute approximate surface area is 124 Å². The number of hydrogen-bond donors (Lipinski definition) is 0.